The highest BCUT2D eigenvalue weighted by Crippen LogP contribution is 2.36. The molecule has 0 aromatic rings. The minimum absolute atomic E-state index is 0.119. The van der Waals surface area contributed by atoms with E-state index < -0.39 is 5.60 Å². The van der Waals surface area contributed by atoms with Crippen molar-refractivity contribution in [3.8, 4) is 0 Å². The molecule has 0 radical (unpaired) electrons. The van der Waals surface area contributed by atoms with Crippen LogP contribution in [0.4, 0.5) is 0 Å². The van der Waals surface area contributed by atoms with Crippen molar-refractivity contribution in [3.63, 3.8) is 0 Å². The van der Waals surface area contributed by atoms with E-state index in [-0.39, 0.29) is 11.8 Å². The van der Waals surface area contributed by atoms with E-state index in [0.717, 1.165) is 12.8 Å². The summed E-state index contributed by atoms with van der Waals surface area (Å²) in [5.41, 5.74) is -0.824. The number of Topliss-reactive ketones (excluding diaryl/α,β-unsaturated/α-hetero) is 1. The lowest BCUT2D eigenvalue weighted by atomic mass is 9.92. The maximum absolute atomic E-state index is 12.3. The Labute approximate surface area is 170 Å². The fraction of sp³-hybridized carbons (Fsp3) is 0.524. The first-order chi connectivity index (χ1) is 12.4. The lowest BCUT2D eigenvalue weighted by molar-refractivity contribution is -0.140. The number of ketones is 1. The van der Waals surface area contributed by atoms with Crippen molar-refractivity contribution in [3.05, 3.63) is 45.6 Å². The van der Waals surface area contributed by atoms with Gasteiger partial charge in [-0.1, -0.05) is 50.1 Å². The van der Waals surface area contributed by atoms with Gasteiger partial charge in [-0.2, -0.15) is 0 Å². The molecule has 26 heavy (non-hydrogen) atoms. The maximum Gasteiger partial charge on any atom is 0.305 e. The summed E-state index contributed by atoms with van der Waals surface area (Å²) in [6.07, 6.45) is 17.8. The first kappa shape index (κ1) is 22.8. The average Bonchev–Trinajstić information content (AvgIpc) is 2.83. The lowest BCUT2D eigenvalue weighted by Crippen LogP contribution is -2.27. The van der Waals surface area contributed by atoms with E-state index >= 15 is 0 Å². The molecule has 0 spiro atoms. The van der Waals surface area contributed by atoms with Crippen molar-refractivity contribution in [2.45, 2.75) is 63.9 Å². The Balaban J connectivity index is 2.62. The van der Waals surface area contributed by atoms with E-state index in [1.165, 1.54) is 20.0 Å². The van der Waals surface area contributed by atoms with Crippen LogP contribution in [0.5, 0.6) is 0 Å². The van der Waals surface area contributed by atoms with Crippen LogP contribution in [0.25, 0.3) is 0 Å². The number of carbonyl (C=O) groups excluding carboxylic acids is 2. The summed E-state index contributed by atoms with van der Waals surface area (Å²) in [5, 5.41) is 10.9. The van der Waals surface area contributed by atoms with E-state index in [0.29, 0.717) is 34.8 Å². The lowest BCUT2D eigenvalue weighted by Gasteiger charge is -2.20. The van der Waals surface area contributed by atoms with Gasteiger partial charge in [0.2, 0.25) is 0 Å². The molecule has 1 N–H and O–H groups in total. The first-order valence-electron chi connectivity index (χ1n) is 9.19. The quantitative estimate of drug-likeness (QED) is 0.152. The number of carbonyl (C=O) groups is 2. The highest BCUT2D eigenvalue weighted by atomic mass is 127. The minimum Gasteiger partial charge on any atom is -0.469 e. The van der Waals surface area contributed by atoms with Gasteiger partial charge in [0, 0.05) is 18.4 Å². The number of rotatable bonds is 11. The number of ether oxygens (including phenoxy) is 1. The predicted octanol–water partition coefficient (Wildman–Crippen LogP) is 4.97. The molecule has 1 aliphatic rings. The van der Waals surface area contributed by atoms with Gasteiger partial charge in [-0.3, -0.25) is 9.59 Å². The van der Waals surface area contributed by atoms with Gasteiger partial charge in [-0.05, 0) is 54.4 Å². The number of aliphatic hydroxyl groups is 1. The van der Waals surface area contributed by atoms with Crippen LogP contribution in [0.1, 0.15) is 58.3 Å². The third kappa shape index (κ3) is 7.58. The van der Waals surface area contributed by atoms with Crippen molar-refractivity contribution in [2.24, 2.45) is 0 Å². The normalized spacial score (nSPS) is 21.9. The van der Waals surface area contributed by atoms with Crippen molar-refractivity contribution in [1.29, 1.82) is 0 Å². The smallest absolute Gasteiger partial charge is 0.305 e. The highest BCUT2D eigenvalue weighted by molar-refractivity contribution is 14.1. The molecule has 4 nitrogen and oxygen atoms in total. The number of unbranched alkanes of at least 4 members (excludes halogenated alkanes) is 4. The summed E-state index contributed by atoms with van der Waals surface area (Å²) in [7, 11) is 1.38. The van der Waals surface area contributed by atoms with Gasteiger partial charge in [0.1, 0.15) is 5.60 Å². The van der Waals surface area contributed by atoms with Gasteiger partial charge in [-0.15, -0.1) is 0 Å². The van der Waals surface area contributed by atoms with Crippen molar-refractivity contribution >= 4 is 34.3 Å². The molecule has 5 heteroatoms. The fourth-order valence-corrected chi connectivity index (χ4v) is 3.49. The van der Waals surface area contributed by atoms with Crippen LogP contribution in [0, 0.1) is 0 Å². The summed E-state index contributed by atoms with van der Waals surface area (Å²) in [4.78, 5) is 23.4. The fourth-order valence-electron chi connectivity index (χ4n) is 2.69. The molecule has 1 rings (SSSR count). The monoisotopic (exact) mass is 472 g/mol. The number of hydrogen-bond acceptors (Lipinski definition) is 4. The molecule has 0 aromatic carbocycles. The van der Waals surface area contributed by atoms with Crippen LogP contribution >= 0.6 is 22.6 Å². The zero-order valence-corrected chi connectivity index (χ0v) is 17.8. The Morgan fingerprint density at radius 3 is 2.65 bits per heavy atom. The van der Waals surface area contributed by atoms with E-state index in [4.69, 9.17) is 0 Å². The molecule has 0 bridgehead atoms. The van der Waals surface area contributed by atoms with Crippen LogP contribution in [-0.2, 0) is 14.3 Å². The topological polar surface area (TPSA) is 63.6 Å². The van der Waals surface area contributed by atoms with Crippen LogP contribution in [-0.4, -0.2) is 29.6 Å². The molecule has 0 aliphatic heterocycles. The van der Waals surface area contributed by atoms with Crippen LogP contribution < -0.4 is 0 Å². The Morgan fingerprint density at radius 1 is 1.23 bits per heavy atom. The number of allylic oxidation sites excluding steroid dienone is 5. The summed E-state index contributed by atoms with van der Waals surface area (Å²) < 4.78 is 5.14. The van der Waals surface area contributed by atoms with Gasteiger partial charge < -0.3 is 9.84 Å². The zero-order chi connectivity index (χ0) is 19.4. The molecular weight excluding hydrogens is 443 g/mol. The summed E-state index contributed by atoms with van der Waals surface area (Å²) in [6, 6.07) is 0. The molecule has 0 saturated carbocycles. The Morgan fingerprint density at radius 2 is 1.96 bits per heavy atom. The molecule has 0 aromatic heterocycles. The average molecular weight is 472 g/mol. The third-order valence-corrected chi connectivity index (χ3v) is 5.04. The van der Waals surface area contributed by atoms with E-state index in [1.54, 1.807) is 18.2 Å². The SMILES string of the molecule is CCCCC/C=C\C[C@@]1(O)C=C(I)C(=O)C1=C/C=C\CCCC(=O)OC. The van der Waals surface area contributed by atoms with E-state index in [1.807, 2.05) is 34.7 Å². The molecule has 0 amide bonds. The second-order valence-electron chi connectivity index (χ2n) is 6.39. The summed E-state index contributed by atoms with van der Waals surface area (Å²) in [5.74, 6) is -0.340. The van der Waals surface area contributed by atoms with E-state index in [9.17, 15) is 14.7 Å². The molecule has 0 unspecified atom stereocenters. The first-order valence-corrected chi connectivity index (χ1v) is 10.3. The van der Waals surface area contributed by atoms with Gasteiger partial charge in [0.05, 0.1) is 10.7 Å². The van der Waals surface area contributed by atoms with Gasteiger partial charge in [0.25, 0.3) is 0 Å². The predicted molar refractivity (Wildman–Crippen MR) is 113 cm³/mol. The molecule has 144 valence electrons. The summed E-state index contributed by atoms with van der Waals surface area (Å²) in [6.45, 7) is 2.17. The van der Waals surface area contributed by atoms with Crippen molar-refractivity contribution in [1.82, 2.24) is 0 Å². The summed E-state index contributed by atoms with van der Waals surface area (Å²) >= 11 is 1.97. The van der Waals surface area contributed by atoms with Crippen LogP contribution in [0.3, 0.4) is 0 Å². The molecule has 0 saturated heterocycles. The number of esters is 1. The highest BCUT2D eigenvalue weighted by Gasteiger charge is 2.39. The Kier molecular flexibility index (Phi) is 10.7. The van der Waals surface area contributed by atoms with Gasteiger partial charge in [0.15, 0.2) is 5.78 Å². The molecule has 0 fully saturated rings. The van der Waals surface area contributed by atoms with Gasteiger partial charge >= 0.3 is 5.97 Å². The molecule has 0 heterocycles. The van der Waals surface area contributed by atoms with Gasteiger partial charge in [-0.25, -0.2) is 0 Å². The minimum atomic E-state index is -1.23. The number of methoxy groups -OCH3 is 1. The number of halogens is 1. The molecule has 1 aliphatic carbocycles. The third-order valence-electron chi connectivity index (χ3n) is 4.24. The second-order valence-corrected chi connectivity index (χ2v) is 7.56. The molecule has 1 atom stereocenters. The van der Waals surface area contributed by atoms with Crippen molar-refractivity contribution in [2.75, 3.05) is 7.11 Å². The second kappa shape index (κ2) is 12.2. The maximum atomic E-state index is 12.3. The van der Waals surface area contributed by atoms with Crippen LogP contribution in [0.2, 0.25) is 0 Å². The van der Waals surface area contributed by atoms with Crippen LogP contribution in [0.15, 0.2) is 45.6 Å². The van der Waals surface area contributed by atoms with E-state index in [2.05, 4.69) is 17.7 Å². The Hall–Kier alpha value is -1.21. The number of hydrogen-bond donors (Lipinski definition) is 1. The standard InChI is InChI=1S/C21H29IO4/c1-3-4-5-6-9-12-15-21(25)16-18(22)20(24)17(21)13-10-7-8-11-14-19(23)26-2/h7,9-10,12-13,16,25H,3-6,8,11,14-15H2,1-2H3/b10-7-,12-9-,17-13?/t21-/m1/s1. The van der Waals surface area contributed by atoms with Crippen molar-refractivity contribution < 1.29 is 19.4 Å². The molecular formula is C21H29IO4. The Bertz CT molecular complexity index is 601. The zero-order valence-electron chi connectivity index (χ0n) is 15.7. The largest absolute Gasteiger partial charge is 0.469 e.